The van der Waals surface area contributed by atoms with E-state index in [1.54, 1.807) is 12.1 Å². The molecule has 0 bridgehead atoms. The predicted molar refractivity (Wildman–Crippen MR) is 108 cm³/mol. The van der Waals surface area contributed by atoms with Crippen molar-refractivity contribution in [1.29, 1.82) is 0 Å². The van der Waals surface area contributed by atoms with E-state index in [0.717, 1.165) is 23.9 Å². The highest BCUT2D eigenvalue weighted by Gasteiger charge is 2.16. The van der Waals surface area contributed by atoms with Crippen molar-refractivity contribution in [2.45, 2.75) is 12.8 Å². The maximum absolute atomic E-state index is 6.18. The molecule has 0 fully saturated rings. The second kappa shape index (κ2) is 6.41. The second-order valence-electron chi connectivity index (χ2n) is 5.93. The lowest BCUT2D eigenvalue weighted by atomic mass is 10.0. The van der Waals surface area contributed by atoms with Crippen LogP contribution in [0.5, 0.6) is 0 Å². The van der Waals surface area contributed by atoms with E-state index >= 15 is 0 Å². The summed E-state index contributed by atoms with van der Waals surface area (Å²) >= 11 is 18.2. The molecular formula is C19H14Cl3N3. The maximum Gasteiger partial charge on any atom is 0.198 e. The standard InChI is InChI=1S/C19H14Cl3N3/c20-13-7-9-15(18(22)17(13)21)25-19(23)24-14-8-6-11-5-4-10-2-1-3-12(14)16(10)11/h1-3,6-9H,4-5H2,(H3,23,24,25). The van der Waals surface area contributed by atoms with Gasteiger partial charge in [-0.1, -0.05) is 59.1 Å². The van der Waals surface area contributed by atoms with Gasteiger partial charge in [0.25, 0.3) is 0 Å². The van der Waals surface area contributed by atoms with Crippen LogP contribution >= 0.6 is 34.8 Å². The molecule has 4 rings (SSSR count). The van der Waals surface area contributed by atoms with E-state index in [-0.39, 0.29) is 16.0 Å². The average molecular weight is 391 g/mol. The van der Waals surface area contributed by atoms with Crippen molar-refractivity contribution in [3.63, 3.8) is 0 Å². The zero-order chi connectivity index (χ0) is 17.6. The van der Waals surface area contributed by atoms with Gasteiger partial charge in [0.05, 0.1) is 20.8 Å². The van der Waals surface area contributed by atoms with Crippen LogP contribution in [0, 0.1) is 0 Å². The summed E-state index contributed by atoms with van der Waals surface area (Å²) in [6, 6.07) is 13.8. The maximum atomic E-state index is 6.18. The number of aryl methyl sites for hydroxylation is 2. The van der Waals surface area contributed by atoms with Crippen molar-refractivity contribution in [2.24, 2.45) is 10.7 Å². The van der Waals surface area contributed by atoms with Gasteiger partial charge in [-0.3, -0.25) is 0 Å². The van der Waals surface area contributed by atoms with E-state index in [4.69, 9.17) is 40.5 Å². The number of nitrogens with zero attached hydrogens (tertiary/aromatic N) is 1. The van der Waals surface area contributed by atoms with Crippen molar-refractivity contribution in [2.75, 3.05) is 5.32 Å². The molecule has 25 heavy (non-hydrogen) atoms. The SMILES string of the molecule is NC(=Nc1ccc(Cl)c(Cl)c1Cl)Nc1ccc2c3c(cccc13)CC2. The molecule has 3 aromatic carbocycles. The van der Waals surface area contributed by atoms with Gasteiger partial charge in [0.1, 0.15) is 0 Å². The highest BCUT2D eigenvalue weighted by Crippen LogP contribution is 2.38. The fourth-order valence-corrected chi connectivity index (χ4v) is 3.83. The molecule has 0 amide bonds. The molecule has 0 heterocycles. The summed E-state index contributed by atoms with van der Waals surface area (Å²) in [5.41, 5.74) is 10.2. The van der Waals surface area contributed by atoms with Gasteiger partial charge in [-0.25, -0.2) is 4.99 Å². The Morgan fingerprint density at radius 2 is 1.68 bits per heavy atom. The van der Waals surface area contributed by atoms with Crippen LogP contribution in [0.2, 0.25) is 15.1 Å². The van der Waals surface area contributed by atoms with Crippen LogP contribution in [-0.4, -0.2) is 5.96 Å². The highest BCUT2D eigenvalue weighted by molar-refractivity contribution is 6.49. The number of nitrogens with one attached hydrogen (secondary N) is 1. The number of hydrogen-bond acceptors (Lipinski definition) is 1. The molecule has 0 spiro atoms. The van der Waals surface area contributed by atoms with E-state index in [1.165, 1.54) is 16.5 Å². The number of rotatable bonds is 2. The molecule has 0 unspecified atom stereocenters. The molecule has 0 aliphatic heterocycles. The van der Waals surface area contributed by atoms with Crippen molar-refractivity contribution < 1.29 is 0 Å². The van der Waals surface area contributed by atoms with Crippen molar-refractivity contribution in [3.8, 4) is 0 Å². The third kappa shape index (κ3) is 2.93. The lowest BCUT2D eigenvalue weighted by Gasteiger charge is -2.11. The first kappa shape index (κ1) is 16.5. The molecular weight excluding hydrogens is 377 g/mol. The van der Waals surface area contributed by atoms with Crippen LogP contribution in [0.1, 0.15) is 11.1 Å². The molecule has 1 aliphatic carbocycles. The topological polar surface area (TPSA) is 50.4 Å². The summed E-state index contributed by atoms with van der Waals surface area (Å²) in [4.78, 5) is 4.33. The third-order valence-corrected chi connectivity index (χ3v) is 5.68. The summed E-state index contributed by atoms with van der Waals surface area (Å²) < 4.78 is 0. The zero-order valence-corrected chi connectivity index (χ0v) is 15.4. The zero-order valence-electron chi connectivity index (χ0n) is 13.1. The lowest BCUT2D eigenvalue weighted by molar-refractivity contribution is 1.02. The Hall–Kier alpha value is -1.94. The lowest BCUT2D eigenvalue weighted by Crippen LogP contribution is -2.22. The van der Waals surface area contributed by atoms with Gasteiger partial charge >= 0.3 is 0 Å². The number of guanidine groups is 1. The molecule has 0 aromatic heterocycles. The number of halogens is 3. The molecule has 0 radical (unpaired) electrons. The van der Waals surface area contributed by atoms with Crippen LogP contribution in [0.3, 0.4) is 0 Å². The van der Waals surface area contributed by atoms with Gasteiger partial charge in [0, 0.05) is 11.1 Å². The predicted octanol–water partition coefficient (Wildman–Crippen LogP) is 5.96. The molecule has 3 N–H and O–H groups in total. The Labute approximate surface area is 160 Å². The fraction of sp³-hybridized carbons (Fsp3) is 0.105. The first-order chi connectivity index (χ1) is 12.0. The molecule has 0 atom stereocenters. The minimum absolute atomic E-state index is 0.235. The Kier molecular flexibility index (Phi) is 4.24. The van der Waals surface area contributed by atoms with E-state index < -0.39 is 0 Å². The van der Waals surface area contributed by atoms with Crippen molar-refractivity contribution >= 4 is 62.9 Å². The quantitative estimate of drug-likeness (QED) is 0.322. The van der Waals surface area contributed by atoms with Gasteiger partial charge in [-0.15, -0.1) is 0 Å². The number of benzene rings is 3. The third-order valence-electron chi connectivity index (χ3n) is 4.40. The van der Waals surface area contributed by atoms with E-state index in [1.807, 2.05) is 6.07 Å². The normalized spacial score (nSPS) is 13.5. The molecule has 3 nitrogen and oxygen atoms in total. The molecule has 3 aromatic rings. The summed E-state index contributed by atoms with van der Waals surface area (Å²) in [6.45, 7) is 0. The van der Waals surface area contributed by atoms with Gasteiger partial charge in [-0.05, 0) is 47.6 Å². The number of aliphatic imine (C=N–C) groups is 1. The number of anilines is 1. The van der Waals surface area contributed by atoms with E-state index in [9.17, 15) is 0 Å². The fourth-order valence-electron chi connectivity index (χ4n) is 3.25. The van der Waals surface area contributed by atoms with E-state index in [2.05, 4.69) is 34.6 Å². The number of hydrogen-bond donors (Lipinski definition) is 2. The van der Waals surface area contributed by atoms with Crippen LogP contribution < -0.4 is 11.1 Å². The highest BCUT2D eigenvalue weighted by atomic mass is 35.5. The molecule has 0 saturated carbocycles. The summed E-state index contributed by atoms with van der Waals surface area (Å²) in [6.07, 6.45) is 2.16. The molecule has 6 heteroatoms. The average Bonchev–Trinajstić information content (AvgIpc) is 3.03. The monoisotopic (exact) mass is 389 g/mol. The van der Waals surface area contributed by atoms with Crippen LogP contribution in [-0.2, 0) is 12.8 Å². The smallest absolute Gasteiger partial charge is 0.198 e. The Morgan fingerprint density at radius 3 is 2.48 bits per heavy atom. The number of nitrogens with two attached hydrogens (primary N) is 1. The van der Waals surface area contributed by atoms with Crippen molar-refractivity contribution in [1.82, 2.24) is 0 Å². The van der Waals surface area contributed by atoms with E-state index in [0.29, 0.717) is 10.7 Å². The van der Waals surface area contributed by atoms with Crippen molar-refractivity contribution in [3.05, 3.63) is 68.7 Å². The van der Waals surface area contributed by atoms with Gasteiger partial charge in [0.15, 0.2) is 5.96 Å². The van der Waals surface area contributed by atoms with Gasteiger partial charge in [-0.2, -0.15) is 0 Å². The Bertz CT molecular complexity index is 1020. The second-order valence-corrected chi connectivity index (χ2v) is 7.09. The minimum Gasteiger partial charge on any atom is -0.369 e. The first-order valence-electron chi connectivity index (χ1n) is 7.83. The van der Waals surface area contributed by atoms with Crippen LogP contribution in [0.15, 0.2) is 47.5 Å². The Balaban J connectivity index is 1.72. The Morgan fingerprint density at radius 1 is 0.920 bits per heavy atom. The van der Waals surface area contributed by atoms with Crippen LogP contribution in [0.25, 0.3) is 10.8 Å². The molecule has 0 saturated heterocycles. The molecule has 126 valence electrons. The van der Waals surface area contributed by atoms with Gasteiger partial charge < -0.3 is 11.1 Å². The minimum atomic E-state index is 0.235. The van der Waals surface area contributed by atoms with Gasteiger partial charge in [0.2, 0.25) is 0 Å². The van der Waals surface area contributed by atoms with Crippen LogP contribution in [0.4, 0.5) is 11.4 Å². The first-order valence-corrected chi connectivity index (χ1v) is 8.96. The summed E-state index contributed by atoms with van der Waals surface area (Å²) in [7, 11) is 0. The summed E-state index contributed by atoms with van der Waals surface area (Å²) in [5, 5.41) is 6.55. The molecule has 1 aliphatic rings. The summed E-state index contributed by atoms with van der Waals surface area (Å²) in [5.74, 6) is 0.235. The largest absolute Gasteiger partial charge is 0.369 e.